The van der Waals surface area contributed by atoms with Crippen LogP contribution in [-0.4, -0.2) is 39.8 Å². The second kappa shape index (κ2) is 6.67. The first kappa shape index (κ1) is 17.0. The summed E-state index contributed by atoms with van der Waals surface area (Å²) >= 11 is 0. The molecule has 0 aromatic carbocycles. The maximum absolute atomic E-state index is 12.5. The standard InChI is InChI=1S/C18H20N8O/c1-4-25-10-14(12(2)22-25)16-5-6-19-17-7-15(23-26(16)17)18(27)20-8-13-9-24(3)11-21-13/h5-7,9-11H,4,8H2,1-3H3,(H,20,27). The van der Waals surface area contributed by atoms with Crippen LogP contribution in [0.3, 0.4) is 0 Å². The Bertz CT molecular complexity index is 1120. The maximum atomic E-state index is 12.5. The molecule has 0 aliphatic carbocycles. The number of nitrogens with one attached hydrogen (secondary N) is 1. The Morgan fingerprint density at radius 2 is 2.07 bits per heavy atom. The van der Waals surface area contributed by atoms with Crippen molar-refractivity contribution < 1.29 is 4.79 Å². The summed E-state index contributed by atoms with van der Waals surface area (Å²) in [4.78, 5) is 21.0. The van der Waals surface area contributed by atoms with Crippen molar-refractivity contribution in [3.8, 4) is 11.3 Å². The van der Waals surface area contributed by atoms with Gasteiger partial charge in [-0.05, 0) is 19.9 Å². The van der Waals surface area contributed by atoms with E-state index in [0.29, 0.717) is 17.9 Å². The summed E-state index contributed by atoms with van der Waals surface area (Å²) in [6.45, 7) is 5.12. The summed E-state index contributed by atoms with van der Waals surface area (Å²) in [6.07, 6.45) is 7.25. The third kappa shape index (κ3) is 3.19. The van der Waals surface area contributed by atoms with Gasteiger partial charge < -0.3 is 9.88 Å². The Balaban J connectivity index is 1.64. The van der Waals surface area contributed by atoms with E-state index in [1.807, 2.05) is 48.6 Å². The minimum atomic E-state index is -0.266. The SMILES string of the molecule is CCn1cc(-c2ccnc3cc(C(=O)NCc4cn(C)cn4)nn23)c(C)n1. The van der Waals surface area contributed by atoms with Crippen molar-refractivity contribution in [3.05, 3.63) is 54.1 Å². The van der Waals surface area contributed by atoms with E-state index in [0.717, 1.165) is 29.2 Å². The average Bonchev–Trinajstić information content (AvgIpc) is 3.37. The van der Waals surface area contributed by atoms with Gasteiger partial charge in [0.15, 0.2) is 11.3 Å². The quantitative estimate of drug-likeness (QED) is 0.580. The molecule has 0 saturated carbocycles. The highest BCUT2D eigenvalue weighted by atomic mass is 16.1. The molecule has 138 valence electrons. The molecule has 4 heterocycles. The van der Waals surface area contributed by atoms with Crippen LogP contribution < -0.4 is 5.32 Å². The fourth-order valence-electron chi connectivity index (χ4n) is 2.96. The number of aryl methyl sites for hydroxylation is 3. The Morgan fingerprint density at radius 3 is 2.78 bits per heavy atom. The van der Waals surface area contributed by atoms with E-state index in [1.54, 1.807) is 23.1 Å². The number of fused-ring (bicyclic) bond motifs is 1. The second-order valence-electron chi connectivity index (χ2n) is 6.33. The van der Waals surface area contributed by atoms with Gasteiger partial charge in [-0.2, -0.15) is 10.2 Å². The van der Waals surface area contributed by atoms with Gasteiger partial charge in [0.05, 0.1) is 30.0 Å². The highest BCUT2D eigenvalue weighted by molar-refractivity contribution is 5.93. The lowest BCUT2D eigenvalue weighted by molar-refractivity contribution is 0.0945. The van der Waals surface area contributed by atoms with Crippen LogP contribution >= 0.6 is 0 Å². The van der Waals surface area contributed by atoms with E-state index in [1.165, 1.54) is 0 Å². The first-order chi connectivity index (χ1) is 13.0. The Labute approximate surface area is 155 Å². The maximum Gasteiger partial charge on any atom is 0.272 e. The van der Waals surface area contributed by atoms with Crippen LogP contribution in [0.15, 0.2) is 37.1 Å². The van der Waals surface area contributed by atoms with Crippen LogP contribution in [0.25, 0.3) is 16.9 Å². The number of rotatable bonds is 5. The molecule has 0 bridgehead atoms. The second-order valence-corrected chi connectivity index (χ2v) is 6.33. The molecule has 0 spiro atoms. The van der Waals surface area contributed by atoms with E-state index in [2.05, 4.69) is 25.5 Å². The van der Waals surface area contributed by atoms with Crippen molar-refractivity contribution >= 4 is 11.6 Å². The first-order valence-corrected chi connectivity index (χ1v) is 8.69. The monoisotopic (exact) mass is 364 g/mol. The van der Waals surface area contributed by atoms with Gasteiger partial charge in [-0.25, -0.2) is 14.5 Å². The van der Waals surface area contributed by atoms with Crippen molar-refractivity contribution in [3.63, 3.8) is 0 Å². The topological polar surface area (TPSA) is 94.9 Å². The predicted octanol–water partition coefficient (Wildman–Crippen LogP) is 1.58. The summed E-state index contributed by atoms with van der Waals surface area (Å²) in [5.41, 5.74) is 4.43. The lowest BCUT2D eigenvalue weighted by Crippen LogP contribution is -2.23. The molecule has 0 atom stereocenters. The summed E-state index contributed by atoms with van der Waals surface area (Å²) in [5, 5.41) is 11.8. The molecule has 0 unspecified atom stereocenters. The number of imidazole rings is 1. The van der Waals surface area contributed by atoms with E-state index in [-0.39, 0.29) is 5.91 Å². The van der Waals surface area contributed by atoms with Crippen molar-refractivity contribution in [2.75, 3.05) is 0 Å². The number of nitrogens with zero attached hydrogens (tertiary/aromatic N) is 7. The Morgan fingerprint density at radius 1 is 1.22 bits per heavy atom. The van der Waals surface area contributed by atoms with Crippen LogP contribution in [0.2, 0.25) is 0 Å². The summed E-state index contributed by atoms with van der Waals surface area (Å²) in [7, 11) is 1.89. The normalized spacial score (nSPS) is 11.2. The summed E-state index contributed by atoms with van der Waals surface area (Å²) in [5.74, 6) is -0.266. The minimum absolute atomic E-state index is 0.266. The Kier molecular flexibility index (Phi) is 4.19. The zero-order valence-corrected chi connectivity index (χ0v) is 15.4. The van der Waals surface area contributed by atoms with Crippen molar-refractivity contribution in [2.24, 2.45) is 7.05 Å². The van der Waals surface area contributed by atoms with Crippen molar-refractivity contribution in [1.29, 1.82) is 0 Å². The van der Waals surface area contributed by atoms with Crippen LogP contribution in [-0.2, 0) is 20.1 Å². The average molecular weight is 364 g/mol. The van der Waals surface area contributed by atoms with Gasteiger partial charge >= 0.3 is 0 Å². The fraction of sp³-hybridized carbons (Fsp3) is 0.278. The lowest BCUT2D eigenvalue weighted by atomic mass is 10.2. The van der Waals surface area contributed by atoms with Gasteiger partial charge in [-0.3, -0.25) is 9.48 Å². The molecule has 0 aliphatic heterocycles. The number of carbonyl (C=O) groups is 1. The largest absolute Gasteiger partial charge is 0.345 e. The Hall–Kier alpha value is -3.49. The van der Waals surface area contributed by atoms with Gasteiger partial charge in [0.25, 0.3) is 5.91 Å². The van der Waals surface area contributed by atoms with E-state index in [9.17, 15) is 4.79 Å². The zero-order chi connectivity index (χ0) is 19.0. The molecule has 0 aliphatic rings. The molecule has 9 nitrogen and oxygen atoms in total. The van der Waals surface area contributed by atoms with Crippen molar-refractivity contribution in [1.82, 2.24) is 39.2 Å². The molecule has 4 rings (SSSR count). The molecule has 0 radical (unpaired) electrons. The predicted molar refractivity (Wildman–Crippen MR) is 99.0 cm³/mol. The lowest BCUT2D eigenvalue weighted by Gasteiger charge is -2.02. The number of aromatic nitrogens is 7. The summed E-state index contributed by atoms with van der Waals surface area (Å²) in [6, 6.07) is 3.55. The van der Waals surface area contributed by atoms with Crippen LogP contribution in [0.1, 0.15) is 28.8 Å². The van der Waals surface area contributed by atoms with Crippen LogP contribution in [0, 0.1) is 6.92 Å². The van der Waals surface area contributed by atoms with Gasteiger partial charge in [0.1, 0.15) is 0 Å². The van der Waals surface area contributed by atoms with E-state index >= 15 is 0 Å². The zero-order valence-electron chi connectivity index (χ0n) is 15.4. The molecule has 1 amide bonds. The third-order valence-electron chi connectivity index (χ3n) is 4.33. The summed E-state index contributed by atoms with van der Waals surface area (Å²) < 4.78 is 5.39. The smallest absolute Gasteiger partial charge is 0.272 e. The molecule has 0 fully saturated rings. The highest BCUT2D eigenvalue weighted by Gasteiger charge is 2.16. The van der Waals surface area contributed by atoms with Gasteiger partial charge in [0.2, 0.25) is 0 Å². The first-order valence-electron chi connectivity index (χ1n) is 8.69. The molecule has 9 heteroatoms. The minimum Gasteiger partial charge on any atom is -0.345 e. The number of carbonyl (C=O) groups excluding carboxylic acids is 1. The highest BCUT2D eigenvalue weighted by Crippen LogP contribution is 2.23. The van der Waals surface area contributed by atoms with Crippen LogP contribution in [0.4, 0.5) is 0 Å². The molecule has 0 saturated heterocycles. The van der Waals surface area contributed by atoms with Crippen molar-refractivity contribution in [2.45, 2.75) is 26.9 Å². The van der Waals surface area contributed by atoms with Crippen LogP contribution in [0.5, 0.6) is 0 Å². The van der Waals surface area contributed by atoms with E-state index in [4.69, 9.17) is 0 Å². The molecule has 1 N–H and O–H groups in total. The van der Waals surface area contributed by atoms with Gasteiger partial charge in [0, 0.05) is 43.8 Å². The molecular formula is C18H20N8O. The number of hydrogen-bond donors (Lipinski definition) is 1. The van der Waals surface area contributed by atoms with Gasteiger partial charge in [-0.15, -0.1) is 0 Å². The fourth-order valence-corrected chi connectivity index (χ4v) is 2.96. The molecular weight excluding hydrogens is 344 g/mol. The van der Waals surface area contributed by atoms with Gasteiger partial charge in [-0.1, -0.05) is 0 Å². The number of amides is 1. The number of hydrogen-bond acceptors (Lipinski definition) is 5. The van der Waals surface area contributed by atoms with E-state index < -0.39 is 0 Å². The molecule has 4 aromatic heterocycles. The molecule has 27 heavy (non-hydrogen) atoms. The third-order valence-corrected chi connectivity index (χ3v) is 4.33. The molecule has 4 aromatic rings.